The number of carboxylic acids is 1. The van der Waals surface area contributed by atoms with Crippen LogP contribution in [-0.4, -0.2) is 19.7 Å². The molecule has 0 aliphatic heterocycles. The zero-order valence-corrected chi connectivity index (χ0v) is 16.0. The normalized spacial score (nSPS) is 14.3. The predicted molar refractivity (Wildman–Crippen MR) is 67.0 cm³/mol. The van der Waals surface area contributed by atoms with Gasteiger partial charge in [0, 0.05) is 19.1 Å². The summed E-state index contributed by atoms with van der Waals surface area (Å²) in [5.74, 6) is -0.773. The fourth-order valence-electron chi connectivity index (χ4n) is 1.74. The molecule has 21 heavy (non-hydrogen) atoms. The van der Waals surface area contributed by atoms with Gasteiger partial charge in [-0.25, -0.2) is 9.78 Å². The van der Waals surface area contributed by atoms with E-state index in [0.29, 0.717) is 5.92 Å². The number of nitrogens with zero attached hydrogens (tertiary/aromatic N) is 1. The summed E-state index contributed by atoms with van der Waals surface area (Å²) in [5, 5.41) is 11.3. The molecule has 1 aromatic heterocycles. The smallest absolute Gasteiger partial charge is 1.00 e. The Labute approximate surface area is 154 Å². The Morgan fingerprint density at radius 3 is 2.33 bits per heavy atom. The third kappa shape index (κ3) is 5.85. The zero-order chi connectivity index (χ0) is 14.5. The standard InChI is InChI=1S/C14H21NO4.ClH.Na/c1-5-11(2)12-6-8-15(9-7-12)14(3,13(16)17)10-19-18-4;;/h6-9,11H,5,10H2,1-4H3;1H;/q;;+1/p-1. The van der Waals surface area contributed by atoms with E-state index in [0.717, 1.165) is 6.42 Å². The van der Waals surface area contributed by atoms with Crippen LogP contribution in [0.1, 0.15) is 38.7 Å². The summed E-state index contributed by atoms with van der Waals surface area (Å²) in [6.07, 6.45) is 4.50. The molecule has 2 unspecified atom stereocenters. The number of halogens is 1. The van der Waals surface area contributed by atoms with Crippen molar-refractivity contribution in [1.29, 1.82) is 0 Å². The molecule has 0 spiro atoms. The van der Waals surface area contributed by atoms with Gasteiger partial charge in [-0.1, -0.05) is 13.8 Å². The maximum atomic E-state index is 11.3. The van der Waals surface area contributed by atoms with Crippen molar-refractivity contribution in [3.05, 3.63) is 30.1 Å². The Morgan fingerprint density at radius 1 is 1.43 bits per heavy atom. The molecule has 0 bridgehead atoms. The van der Waals surface area contributed by atoms with E-state index in [4.69, 9.17) is 4.89 Å². The molecular weight excluding hydrogens is 305 g/mol. The van der Waals surface area contributed by atoms with Crippen LogP contribution in [0.4, 0.5) is 0 Å². The van der Waals surface area contributed by atoms with Crippen molar-refractivity contribution >= 4 is 5.97 Å². The zero-order valence-electron chi connectivity index (χ0n) is 13.3. The van der Waals surface area contributed by atoms with E-state index in [2.05, 4.69) is 18.7 Å². The van der Waals surface area contributed by atoms with Crippen molar-refractivity contribution in [3.8, 4) is 0 Å². The van der Waals surface area contributed by atoms with E-state index in [1.54, 1.807) is 17.0 Å². The Bertz CT molecular complexity index is 429. The van der Waals surface area contributed by atoms with Crippen LogP contribution in [-0.2, 0) is 20.1 Å². The topological polar surface area (TPSA) is 62.5 Å². The summed E-state index contributed by atoms with van der Waals surface area (Å²) < 4.78 is 1.56. The molecule has 0 aliphatic carbocycles. The SMILES string of the molecule is CCC(C)c1cc[n+](C(C)(COOC)C(=O)[O-])cc1.[Cl-].[Na+]. The Hall–Kier alpha value is -0.170. The minimum absolute atomic E-state index is 0. The number of pyridine rings is 1. The second-order valence-corrected chi connectivity index (χ2v) is 4.84. The van der Waals surface area contributed by atoms with Crippen LogP contribution in [0.15, 0.2) is 24.5 Å². The van der Waals surface area contributed by atoms with Crippen LogP contribution in [0.5, 0.6) is 0 Å². The van der Waals surface area contributed by atoms with Crippen molar-refractivity contribution < 1.29 is 66.2 Å². The first-order chi connectivity index (χ1) is 8.95. The maximum absolute atomic E-state index is 11.3. The average molecular weight is 326 g/mol. The van der Waals surface area contributed by atoms with Crippen LogP contribution < -0.4 is 51.6 Å². The number of aliphatic carboxylic acids is 1. The van der Waals surface area contributed by atoms with E-state index in [1.165, 1.54) is 19.6 Å². The molecule has 0 saturated heterocycles. The molecule has 0 amide bonds. The molecule has 5 nitrogen and oxygen atoms in total. The van der Waals surface area contributed by atoms with Crippen LogP contribution in [0.2, 0.25) is 0 Å². The van der Waals surface area contributed by atoms with Crippen molar-refractivity contribution in [3.63, 3.8) is 0 Å². The van der Waals surface area contributed by atoms with Crippen LogP contribution in [0.25, 0.3) is 0 Å². The van der Waals surface area contributed by atoms with E-state index in [9.17, 15) is 9.90 Å². The summed E-state index contributed by atoms with van der Waals surface area (Å²) in [7, 11) is 1.34. The van der Waals surface area contributed by atoms with Gasteiger partial charge in [0.15, 0.2) is 19.0 Å². The Morgan fingerprint density at radius 2 is 1.95 bits per heavy atom. The third-order valence-corrected chi connectivity index (χ3v) is 3.50. The molecule has 1 rings (SSSR count). The van der Waals surface area contributed by atoms with Crippen LogP contribution in [0, 0.1) is 0 Å². The Balaban J connectivity index is 0. The fraction of sp³-hybridized carbons (Fsp3) is 0.571. The van der Waals surface area contributed by atoms with E-state index in [1.807, 2.05) is 12.1 Å². The van der Waals surface area contributed by atoms with E-state index < -0.39 is 11.5 Å². The molecule has 0 N–H and O–H groups in total. The van der Waals surface area contributed by atoms with Gasteiger partial charge in [-0.3, -0.25) is 0 Å². The summed E-state index contributed by atoms with van der Waals surface area (Å²) in [6, 6.07) is 3.84. The van der Waals surface area contributed by atoms with Crippen molar-refractivity contribution in [1.82, 2.24) is 0 Å². The van der Waals surface area contributed by atoms with E-state index >= 15 is 0 Å². The first-order valence-corrected chi connectivity index (χ1v) is 6.34. The van der Waals surface area contributed by atoms with Crippen molar-refractivity contribution in [2.24, 2.45) is 0 Å². The molecule has 0 fully saturated rings. The fourth-order valence-corrected chi connectivity index (χ4v) is 1.74. The minimum atomic E-state index is -1.30. The van der Waals surface area contributed by atoms with Crippen molar-refractivity contribution in [2.75, 3.05) is 13.7 Å². The predicted octanol–water partition coefficient (Wildman–Crippen LogP) is -5.46. The summed E-state index contributed by atoms with van der Waals surface area (Å²) in [4.78, 5) is 20.6. The van der Waals surface area contributed by atoms with Crippen LogP contribution in [0.3, 0.4) is 0 Å². The second kappa shape index (κ2) is 10.5. The first kappa shape index (κ1) is 23.1. The van der Waals surface area contributed by atoms with Gasteiger partial charge in [-0.15, -0.1) is 0 Å². The van der Waals surface area contributed by atoms with Gasteiger partial charge in [-0.05, 0) is 17.9 Å². The third-order valence-electron chi connectivity index (χ3n) is 3.50. The number of carbonyl (C=O) groups is 1. The molecule has 1 heterocycles. The summed E-state index contributed by atoms with van der Waals surface area (Å²) >= 11 is 0. The Kier molecular flexibility index (Phi) is 11.6. The molecule has 0 radical (unpaired) electrons. The van der Waals surface area contributed by atoms with Crippen molar-refractivity contribution in [2.45, 2.75) is 38.6 Å². The molecule has 7 heteroatoms. The molecule has 114 valence electrons. The van der Waals surface area contributed by atoms with Gasteiger partial charge in [0.25, 0.3) is 0 Å². The minimum Gasteiger partial charge on any atom is -1.00 e. The molecular formula is C14H21ClNNaO4. The quantitative estimate of drug-likeness (QED) is 0.217. The van der Waals surface area contributed by atoms with Gasteiger partial charge in [-0.2, -0.15) is 4.57 Å². The number of hydrogen-bond donors (Lipinski definition) is 0. The van der Waals surface area contributed by atoms with Gasteiger partial charge in [0.2, 0.25) is 5.54 Å². The molecule has 1 aromatic rings. The number of aromatic nitrogens is 1. The number of carboxylic acid groups (broad SMARTS) is 1. The summed E-state index contributed by atoms with van der Waals surface area (Å²) in [5.41, 5.74) is -0.128. The molecule has 2 atom stereocenters. The number of carbonyl (C=O) groups excluding carboxylic acids is 1. The van der Waals surface area contributed by atoms with Gasteiger partial charge in [0.1, 0.15) is 5.97 Å². The number of hydrogen-bond acceptors (Lipinski definition) is 4. The van der Waals surface area contributed by atoms with Gasteiger partial charge >= 0.3 is 29.6 Å². The molecule has 0 aliphatic rings. The largest absolute Gasteiger partial charge is 1.00 e. The van der Waals surface area contributed by atoms with Gasteiger partial charge < -0.3 is 22.3 Å². The molecule has 0 aromatic carbocycles. The average Bonchev–Trinajstić information content (AvgIpc) is 2.43. The van der Waals surface area contributed by atoms with Crippen LogP contribution >= 0.6 is 0 Å². The summed E-state index contributed by atoms with van der Waals surface area (Å²) in [6.45, 7) is 5.65. The first-order valence-electron chi connectivity index (χ1n) is 6.34. The van der Waals surface area contributed by atoms with Gasteiger partial charge in [0.05, 0.1) is 7.11 Å². The van der Waals surface area contributed by atoms with E-state index in [-0.39, 0.29) is 48.6 Å². The maximum Gasteiger partial charge on any atom is 1.00 e. The molecule has 0 saturated carbocycles. The second-order valence-electron chi connectivity index (χ2n) is 4.84. The monoisotopic (exact) mass is 325 g/mol. The number of rotatable bonds is 7.